The Kier molecular flexibility index (Phi) is 7.55. The number of nitrogens with zero attached hydrogens (tertiary/aromatic N) is 2. The third-order valence-corrected chi connectivity index (χ3v) is 6.91. The number of ether oxygens (including phenoxy) is 1. The van der Waals surface area contributed by atoms with E-state index < -0.39 is 30.0 Å². The molecule has 2 aliphatic heterocycles. The van der Waals surface area contributed by atoms with Crippen LogP contribution >= 0.6 is 11.6 Å². The summed E-state index contributed by atoms with van der Waals surface area (Å²) in [6, 6.07) is 7.20. The number of piperidine rings is 1. The van der Waals surface area contributed by atoms with Gasteiger partial charge < -0.3 is 20.3 Å². The smallest absolute Gasteiger partial charge is 0.405 e. The SMILES string of the molecule is CC(C)(Oc1ccc(Cl)c(F)c1)C(=O)NC1CC2CCC(C1)N2c1ccc(C(=O)NCC(F)(F)F)cn1. The van der Waals surface area contributed by atoms with Crippen molar-refractivity contribution in [3.8, 4) is 5.75 Å². The quantitative estimate of drug-likeness (QED) is 0.498. The lowest BCUT2D eigenvalue weighted by molar-refractivity contribution is -0.135. The first kappa shape index (κ1) is 27.0. The Hall–Kier alpha value is -3.08. The number of benzene rings is 1. The van der Waals surface area contributed by atoms with Gasteiger partial charge in [-0.15, -0.1) is 0 Å². The van der Waals surface area contributed by atoms with Gasteiger partial charge in [-0.1, -0.05) is 11.6 Å². The van der Waals surface area contributed by atoms with Crippen LogP contribution in [-0.2, 0) is 4.79 Å². The van der Waals surface area contributed by atoms with Gasteiger partial charge in [-0.2, -0.15) is 13.2 Å². The van der Waals surface area contributed by atoms with Crippen LogP contribution in [0.15, 0.2) is 36.5 Å². The molecule has 1 aromatic carbocycles. The Labute approximate surface area is 216 Å². The highest BCUT2D eigenvalue weighted by atomic mass is 35.5. The van der Waals surface area contributed by atoms with Gasteiger partial charge in [0.05, 0.1) is 10.6 Å². The van der Waals surface area contributed by atoms with E-state index in [0.29, 0.717) is 18.7 Å². The Morgan fingerprint density at radius 3 is 2.38 bits per heavy atom. The molecule has 2 saturated heterocycles. The van der Waals surface area contributed by atoms with Crippen molar-refractivity contribution in [2.45, 2.75) is 69.4 Å². The molecule has 7 nitrogen and oxygen atoms in total. The van der Waals surface area contributed by atoms with E-state index in [9.17, 15) is 27.2 Å². The number of alkyl halides is 3. The number of pyridine rings is 1. The average Bonchev–Trinajstić information content (AvgIpc) is 3.09. The molecule has 3 heterocycles. The Morgan fingerprint density at radius 1 is 1.14 bits per heavy atom. The Bertz CT molecular complexity index is 1150. The molecule has 0 aliphatic carbocycles. The number of carbonyl (C=O) groups is 2. The molecule has 2 atom stereocenters. The van der Waals surface area contributed by atoms with Crippen LogP contribution in [0, 0.1) is 5.82 Å². The molecule has 1 aromatic heterocycles. The van der Waals surface area contributed by atoms with Crippen molar-refractivity contribution in [3.05, 3.63) is 52.9 Å². The molecule has 2 N–H and O–H groups in total. The van der Waals surface area contributed by atoms with E-state index in [-0.39, 0.29) is 40.4 Å². The number of nitrogens with one attached hydrogen (secondary N) is 2. The number of hydrogen-bond donors (Lipinski definition) is 2. The predicted molar refractivity (Wildman–Crippen MR) is 129 cm³/mol. The highest BCUT2D eigenvalue weighted by Gasteiger charge is 2.43. The second kappa shape index (κ2) is 10.4. The third-order valence-electron chi connectivity index (χ3n) is 6.60. The molecule has 0 saturated carbocycles. The molecule has 37 heavy (non-hydrogen) atoms. The molecule has 0 spiro atoms. The highest BCUT2D eigenvalue weighted by molar-refractivity contribution is 6.30. The van der Waals surface area contributed by atoms with Gasteiger partial charge in [-0.05, 0) is 63.8 Å². The zero-order valence-electron chi connectivity index (χ0n) is 20.2. The van der Waals surface area contributed by atoms with Crippen LogP contribution in [0.5, 0.6) is 5.75 Å². The van der Waals surface area contributed by atoms with Crippen LogP contribution < -0.4 is 20.3 Å². The third kappa shape index (κ3) is 6.44. The monoisotopic (exact) mass is 542 g/mol. The lowest BCUT2D eigenvalue weighted by Crippen LogP contribution is -2.55. The van der Waals surface area contributed by atoms with Gasteiger partial charge in [0.25, 0.3) is 11.8 Å². The summed E-state index contributed by atoms with van der Waals surface area (Å²) in [5.41, 5.74) is -1.20. The molecule has 4 rings (SSSR count). The van der Waals surface area contributed by atoms with Crippen molar-refractivity contribution in [3.63, 3.8) is 0 Å². The van der Waals surface area contributed by atoms with Crippen molar-refractivity contribution in [2.75, 3.05) is 11.4 Å². The summed E-state index contributed by atoms with van der Waals surface area (Å²) in [6.07, 6.45) is -0.0787. The summed E-state index contributed by atoms with van der Waals surface area (Å²) in [5.74, 6) is -0.973. The standard InChI is InChI=1S/C25H27ClF4N4O3/c1-24(2,37-18-6-7-19(26)20(27)11-18)23(36)33-15-9-16-4-5-17(10-15)34(16)21-8-3-14(12-31-21)22(35)32-13-25(28,29)30/h3,6-8,11-12,15-17H,4-5,9-10,13H2,1-2H3,(H,32,35)(H,33,36). The molecule has 0 radical (unpaired) electrons. The summed E-state index contributed by atoms with van der Waals surface area (Å²) in [7, 11) is 0. The summed E-state index contributed by atoms with van der Waals surface area (Å²) < 4.78 is 56.5. The first-order valence-corrected chi connectivity index (χ1v) is 12.2. The predicted octanol–water partition coefficient (Wildman–Crippen LogP) is 4.64. The lowest BCUT2D eigenvalue weighted by atomic mass is 9.96. The molecule has 2 unspecified atom stereocenters. The van der Waals surface area contributed by atoms with E-state index in [4.69, 9.17) is 16.3 Å². The summed E-state index contributed by atoms with van der Waals surface area (Å²) in [4.78, 5) is 31.4. The van der Waals surface area contributed by atoms with Crippen LogP contribution in [0.2, 0.25) is 5.02 Å². The first-order chi connectivity index (χ1) is 17.3. The number of anilines is 1. The van der Waals surface area contributed by atoms with Gasteiger partial charge in [-0.3, -0.25) is 9.59 Å². The molecule has 2 amide bonds. The lowest BCUT2D eigenvalue weighted by Gasteiger charge is -2.40. The minimum Gasteiger partial charge on any atom is -0.478 e. The number of fused-ring (bicyclic) bond motifs is 2. The van der Waals surface area contributed by atoms with Crippen molar-refractivity contribution in [1.29, 1.82) is 0 Å². The van der Waals surface area contributed by atoms with Crippen LogP contribution in [0.1, 0.15) is 49.9 Å². The van der Waals surface area contributed by atoms with Gasteiger partial charge >= 0.3 is 6.18 Å². The van der Waals surface area contributed by atoms with Crippen LogP contribution in [0.25, 0.3) is 0 Å². The minimum absolute atomic E-state index is 0.0364. The molecular weight excluding hydrogens is 516 g/mol. The van der Waals surface area contributed by atoms with Crippen LogP contribution in [0.4, 0.5) is 23.4 Å². The number of carbonyl (C=O) groups excluding carboxylic acids is 2. The number of hydrogen-bond acceptors (Lipinski definition) is 5. The molecule has 12 heteroatoms. The zero-order valence-corrected chi connectivity index (χ0v) is 21.0. The average molecular weight is 543 g/mol. The van der Waals surface area contributed by atoms with E-state index in [0.717, 1.165) is 18.9 Å². The Morgan fingerprint density at radius 2 is 1.81 bits per heavy atom. The van der Waals surface area contributed by atoms with Crippen LogP contribution in [-0.4, -0.2) is 53.2 Å². The number of halogens is 5. The maximum atomic E-state index is 13.8. The number of aromatic nitrogens is 1. The normalized spacial score (nSPS) is 21.5. The van der Waals surface area contributed by atoms with Gasteiger partial charge in [-0.25, -0.2) is 9.37 Å². The maximum absolute atomic E-state index is 13.8. The molecular formula is C25H27ClF4N4O3. The van der Waals surface area contributed by atoms with Crippen molar-refractivity contribution in [1.82, 2.24) is 15.6 Å². The summed E-state index contributed by atoms with van der Waals surface area (Å²) in [5, 5.41) is 4.85. The molecule has 200 valence electrons. The van der Waals surface area contributed by atoms with Crippen molar-refractivity contribution >= 4 is 29.2 Å². The molecule has 2 bridgehead atoms. The highest BCUT2D eigenvalue weighted by Crippen LogP contribution is 2.39. The van der Waals surface area contributed by atoms with Gasteiger partial charge in [0, 0.05) is 30.4 Å². The second-order valence-corrected chi connectivity index (χ2v) is 10.2. The zero-order chi connectivity index (χ0) is 27.0. The second-order valence-electron chi connectivity index (χ2n) is 9.83. The van der Waals surface area contributed by atoms with E-state index >= 15 is 0 Å². The fraction of sp³-hybridized carbons (Fsp3) is 0.480. The fourth-order valence-corrected chi connectivity index (χ4v) is 4.98. The van der Waals surface area contributed by atoms with Gasteiger partial charge in [0.1, 0.15) is 23.9 Å². The summed E-state index contributed by atoms with van der Waals surface area (Å²) in [6.45, 7) is 1.80. The largest absolute Gasteiger partial charge is 0.478 e. The first-order valence-electron chi connectivity index (χ1n) is 11.9. The Balaban J connectivity index is 1.35. The number of amides is 2. The maximum Gasteiger partial charge on any atom is 0.405 e. The van der Waals surface area contributed by atoms with Crippen LogP contribution in [0.3, 0.4) is 0 Å². The van der Waals surface area contributed by atoms with E-state index in [1.165, 1.54) is 24.4 Å². The summed E-state index contributed by atoms with van der Waals surface area (Å²) >= 11 is 5.71. The van der Waals surface area contributed by atoms with Crippen molar-refractivity contribution < 1.29 is 31.9 Å². The molecule has 2 aliphatic rings. The molecule has 2 aromatic rings. The fourth-order valence-electron chi connectivity index (χ4n) is 4.87. The van der Waals surface area contributed by atoms with E-state index in [1.807, 2.05) is 5.32 Å². The minimum atomic E-state index is -4.49. The number of rotatable bonds is 7. The molecule has 2 fully saturated rings. The van der Waals surface area contributed by atoms with Gasteiger partial charge in [0.15, 0.2) is 5.60 Å². The van der Waals surface area contributed by atoms with E-state index in [2.05, 4.69) is 15.2 Å². The van der Waals surface area contributed by atoms with E-state index in [1.54, 1.807) is 19.9 Å². The van der Waals surface area contributed by atoms with Crippen molar-refractivity contribution in [2.24, 2.45) is 0 Å². The topological polar surface area (TPSA) is 83.6 Å². The van der Waals surface area contributed by atoms with Gasteiger partial charge in [0.2, 0.25) is 0 Å².